The van der Waals surface area contributed by atoms with E-state index in [1.807, 2.05) is 44.2 Å². The van der Waals surface area contributed by atoms with Gasteiger partial charge in [-0.2, -0.15) is 0 Å². The number of carbonyl (C=O) groups excluding carboxylic acids is 3. The van der Waals surface area contributed by atoms with Crippen molar-refractivity contribution in [1.82, 2.24) is 20.0 Å². The fourth-order valence-electron chi connectivity index (χ4n) is 8.56. The van der Waals surface area contributed by atoms with Gasteiger partial charge in [-0.1, -0.05) is 67.8 Å². The molecule has 9 nitrogen and oxygen atoms in total. The maximum Gasteiger partial charge on any atom is 0.246 e. The van der Waals surface area contributed by atoms with E-state index in [9.17, 15) is 14.4 Å². The van der Waals surface area contributed by atoms with Crippen LogP contribution in [0.4, 0.5) is 5.69 Å². The summed E-state index contributed by atoms with van der Waals surface area (Å²) in [7, 11) is 0. The lowest BCUT2D eigenvalue weighted by Gasteiger charge is -2.36. The Morgan fingerprint density at radius 3 is 2.38 bits per heavy atom. The van der Waals surface area contributed by atoms with Crippen molar-refractivity contribution >= 4 is 23.4 Å². The summed E-state index contributed by atoms with van der Waals surface area (Å²) >= 11 is 0. The van der Waals surface area contributed by atoms with Crippen molar-refractivity contribution in [2.45, 2.75) is 82.7 Å². The highest BCUT2D eigenvalue weighted by atomic mass is 16.5. The second-order valence-corrected chi connectivity index (χ2v) is 14.3. The number of piperazine rings is 1. The number of fused-ring (bicyclic) bond motifs is 1. The number of hydrogen-bond donors (Lipinski definition) is 2. The second kappa shape index (κ2) is 13.5. The number of anilines is 1. The van der Waals surface area contributed by atoms with Crippen LogP contribution in [-0.2, 0) is 25.7 Å². The van der Waals surface area contributed by atoms with Crippen molar-refractivity contribution < 1.29 is 19.1 Å². The summed E-state index contributed by atoms with van der Waals surface area (Å²) in [5.41, 5.74) is 3.15. The molecule has 250 valence electrons. The third-order valence-electron chi connectivity index (χ3n) is 11.2. The van der Waals surface area contributed by atoms with Crippen LogP contribution in [0.5, 0.6) is 0 Å². The Kier molecular flexibility index (Phi) is 9.22. The van der Waals surface area contributed by atoms with Crippen LogP contribution < -0.4 is 10.6 Å². The molecule has 1 spiro atoms. The average molecular weight is 640 g/mol. The number of ether oxygens (including phenoxy) is 1. The van der Waals surface area contributed by atoms with Gasteiger partial charge in [-0.25, -0.2) is 0 Å². The van der Waals surface area contributed by atoms with E-state index in [4.69, 9.17) is 4.74 Å². The molecule has 1 aliphatic carbocycles. The van der Waals surface area contributed by atoms with Crippen LogP contribution in [-0.4, -0.2) is 95.5 Å². The van der Waals surface area contributed by atoms with Crippen LogP contribution in [0.25, 0.3) is 0 Å². The third kappa shape index (κ3) is 6.37. The first-order valence-electron chi connectivity index (χ1n) is 17.7. The number of aryl methyl sites for hydroxylation is 2. The summed E-state index contributed by atoms with van der Waals surface area (Å²) in [6, 6.07) is 15.8. The van der Waals surface area contributed by atoms with Crippen molar-refractivity contribution in [3.63, 3.8) is 0 Å². The van der Waals surface area contributed by atoms with Crippen LogP contribution in [0.1, 0.15) is 55.2 Å². The Hall–Kier alpha value is -3.53. The molecule has 2 N–H and O–H groups in total. The molecule has 4 fully saturated rings. The number of hydrogen-bond acceptors (Lipinski definition) is 6. The van der Waals surface area contributed by atoms with Crippen molar-refractivity contribution in [3.05, 3.63) is 77.4 Å². The Morgan fingerprint density at radius 2 is 1.64 bits per heavy atom. The molecule has 3 amide bonds. The van der Waals surface area contributed by atoms with Gasteiger partial charge in [0.05, 0.1) is 17.9 Å². The monoisotopic (exact) mass is 639 g/mol. The Bertz CT molecular complexity index is 1500. The van der Waals surface area contributed by atoms with Crippen LogP contribution >= 0.6 is 0 Å². The van der Waals surface area contributed by atoms with E-state index in [1.165, 1.54) is 12.0 Å². The summed E-state index contributed by atoms with van der Waals surface area (Å²) < 4.78 is 6.57. The first-order chi connectivity index (χ1) is 22.8. The van der Waals surface area contributed by atoms with Gasteiger partial charge in [0.1, 0.15) is 11.6 Å². The molecule has 5 aliphatic rings. The number of rotatable bonds is 10. The maximum atomic E-state index is 14.4. The number of carbonyl (C=O) groups is 3. The molecular weight excluding hydrogens is 590 g/mol. The molecule has 47 heavy (non-hydrogen) atoms. The van der Waals surface area contributed by atoms with Gasteiger partial charge in [0.15, 0.2) is 0 Å². The van der Waals surface area contributed by atoms with Crippen molar-refractivity contribution in [2.75, 3.05) is 44.6 Å². The first-order valence-corrected chi connectivity index (χ1v) is 17.7. The minimum Gasteiger partial charge on any atom is -0.359 e. The molecule has 2 aromatic carbocycles. The summed E-state index contributed by atoms with van der Waals surface area (Å²) in [6.07, 6.45) is 9.34. The molecular formula is C38H49N5O4. The van der Waals surface area contributed by atoms with Gasteiger partial charge >= 0.3 is 0 Å². The Morgan fingerprint density at radius 1 is 0.894 bits per heavy atom. The summed E-state index contributed by atoms with van der Waals surface area (Å²) in [4.78, 5) is 49.1. The molecule has 7 rings (SSSR count). The smallest absolute Gasteiger partial charge is 0.246 e. The molecule has 4 heterocycles. The minimum absolute atomic E-state index is 0.113. The van der Waals surface area contributed by atoms with Gasteiger partial charge < -0.3 is 25.2 Å². The Balaban J connectivity index is 1.04. The topological polar surface area (TPSA) is 94.2 Å². The van der Waals surface area contributed by atoms with Gasteiger partial charge in [0.2, 0.25) is 17.7 Å². The van der Waals surface area contributed by atoms with Crippen LogP contribution in [0.15, 0.2) is 60.7 Å². The fourth-order valence-corrected chi connectivity index (χ4v) is 8.56. The molecule has 9 heteroatoms. The lowest BCUT2D eigenvalue weighted by atomic mass is 9.74. The predicted octanol–water partition coefficient (Wildman–Crippen LogP) is 4.05. The molecule has 5 atom stereocenters. The molecule has 4 aliphatic heterocycles. The summed E-state index contributed by atoms with van der Waals surface area (Å²) in [5, 5.41) is 6.36. The molecule has 0 unspecified atom stereocenters. The first kappa shape index (κ1) is 32.0. The number of benzene rings is 2. The third-order valence-corrected chi connectivity index (χ3v) is 11.2. The predicted molar refractivity (Wildman–Crippen MR) is 182 cm³/mol. The quantitative estimate of drug-likeness (QED) is 0.381. The van der Waals surface area contributed by atoms with E-state index in [2.05, 4.69) is 50.8 Å². The zero-order valence-electron chi connectivity index (χ0n) is 27.8. The largest absolute Gasteiger partial charge is 0.359 e. The van der Waals surface area contributed by atoms with Crippen molar-refractivity contribution in [3.8, 4) is 0 Å². The van der Waals surface area contributed by atoms with E-state index in [0.29, 0.717) is 12.2 Å². The van der Waals surface area contributed by atoms with Crippen molar-refractivity contribution in [1.29, 1.82) is 0 Å². The number of likely N-dealkylation sites (tertiary alicyclic amines) is 1. The van der Waals surface area contributed by atoms with Crippen molar-refractivity contribution in [2.24, 2.45) is 11.8 Å². The van der Waals surface area contributed by atoms with E-state index in [0.717, 1.165) is 82.5 Å². The molecule has 2 aromatic rings. The van der Waals surface area contributed by atoms with Crippen LogP contribution in [0.2, 0.25) is 0 Å². The molecule has 2 bridgehead atoms. The van der Waals surface area contributed by atoms with Gasteiger partial charge in [-0.3, -0.25) is 19.3 Å². The zero-order chi connectivity index (χ0) is 32.5. The van der Waals surface area contributed by atoms with Crippen LogP contribution in [0.3, 0.4) is 0 Å². The highest BCUT2D eigenvalue weighted by Crippen LogP contribution is 2.55. The molecule has 0 radical (unpaired) electrons. The summed E-state index contributed by atoms with van der Waals surface area (Å²) in [6.45, 7) is 10.3. The van der Waals surface area contributed by atoms with E-state index in [-0.39, 0.29) is 23.8 Å². The number of nitrogens with zero attached hydrogens (tertiary/aromatic N) is 3. The lowest BCUT2D eigenvalue weighted by molar-refractivity contribution is -0.141. The van der Waals surface area contributed by atoms with Gasteiger partial charge in [0, 0.05) is 51.0 Å². The van der Waals surface area contributed by atoms with Crippen LogP contribution in [0, 0.1) is 25.7 Å². The lowest BCUT2D eigenvalue weighted by Crippen LogP contribution is -2.56. The Labute approximate surface area is 278 Å². The SMILES string of the molecule is Cc1ccc(NC(=O)[C@H]2[C@@H]3C=C[C@]4(O3)[C@@H]2C(=O)N(CCCN2CCN(Cc3ccccc3)CC2)[C@@H]4C(=O)NC2CCCCC2)cc1C. The van der Waals surface area contributed by atoms with E-state index in [1.54, 1.807) is 4.90 Å². The molecule has 1 saturated carbocycles. The highest BCUT2D eigenvalue weighted by Gasteiger charge is 2.72. The molecule has 3 saturated heterocycles. The number of nitrogens with one attached hydrogen (secondary N) is 2. The minimum atomic E-state index is -1.13. The van der Waals surface area contributed by atoms with Gasteiger partial charge in [-0.05, 0) is 68.5 Å². The highest BCUT2D eigenvalue weighted by molar-refractivity contribution is 6.02. The van der Waals surface area contributed by atoms with Gasteiger partial charge in [-0.15, -0.1) is 0 Å². The number of amides is 3. The molecule has 0 aromatic heterocycles. The van der Waals surface area contributed by atoms with E-state index >= 15 is 0 Å². The standard InChI is InChI=1S/C38H49N5O4/c1-26-14-15-30(24-27(26)2)40-35(44)32-31-16-17-38(47-31)33(32)37(46)43(34(38)36(45)39-29-12-7-4-8-13-29)19-9-18-41-20-22-42(23-21-41)25-28-10-5-3-6-11-28/h3,5-6,10-11,14-17,24,29,31-34H,4,7-9,12-13,18-23,25H2,1-2H3,(H,39,45)(H,40,44)/t31-,32-,33-,34+,38-/m0/s1. The van der Waals surface area contributed by atoms with Gasteiger partial charge in [0.25, 0.3) is 0 Å². The maximum absolute atomic E-state index is 14.4. The summed E-state index contributed by atoms with van der Waals surface area (Å²) in [5.74, 6) is -1.95. The zero-order valence-corrected chi connectivity index (χ0v) is 27.8. The normalized spacial score (nSPS) is 29.3. The second-order valence-electron chi connectivity index (χ2n) is 14.3. The average Bonchev–Trinajstić information content (AvgIpc) is 3.72. The fraction of sp³-hybridized carbons (Fsp3) is 0.553. The van der Waals surface area contributed by atoms with E-state index < -0.39 is 29.6 Å².